The van der Waals surface area contributed by atoms with E-state index in [4.69, 9.17) is 13.9 Å². The standard InChI is InChI=1S/C16H21NO3/c1-10-6-15(11(2)20-10)16(17-3)12-7-13(18-4)9-14(8-12)19-5/h6-9,16-17H,1-5H3. The molecule has 4 heteroatoms. The average molecular weight is 275 g/mol. The zero-order valence-electron chi connectivity index (χ0n) is 12.6. The number of hydrogen-bond acceptors (Lipinski definition) is 4. The summed E-state index contributed by atoms with van der Waals surface area (Å²) in [5, 5.41) is 3.32. The molecule has 4 nitrogen and oxygen atoms in total. The fourth-order valence-electron chi connectivity index (χ4n) is 2.43. The third-order valence-corrected chi connectivity index (χ3v) is 3.39. The molecular formula is C16H21NO3. The van der Waals surface area contributed by atoms with Crippen LogP contribution >= 0.6 is 0 Å². The van der Waals surface area contributed by atoms with Gasteiger partial charge >= 0.3 is 0 Å². The Morgan fingerprint density at radius 2 is 1.60 bits per heavy atom. The van der Waals surface area contributed by atoms with E-state index in [0.29, 0.717) is 0 Å². The van der Waals surface area contributed by atoms with Gasteiger partial charge in [-0.2, -0.15) is 0 Å². The van der Waals surface area contributed by atoms with Crippen LogP contribution in [0.5, 0.6) is 11.5 Å². The van der Waals surface area contributed by atoms with E-state index in [0.717, 1.165) is 34.1 Å². The van der Waals surface area contributed by atoms with E-state index in [2.05, 4.69) is 11.4 Å². The van der Waals surface area contributed by atoms with Gasteiger partial charge in [-0.15, -0.1) is 0 Å². The summed E-state index contributed by atoms with van der Waals surface area (Å²) >= 11 is 0. The molecule has 1 N–H and O–H groups in total. The summed E-state index contributed by atoms with van der Waals surface area (Å²) in [5.74, 6) is 3.38. The van der Waals surface area contributed by atoms with E-state index in [9.17, 15) is 0 Å². The summed E-state index contributed by atoms with van der Waals surface area (Å²) in [6.07, 6.45) is 0. The number of aryl methyl sites for hydroxylation is 2. The highest BCUT2D eigenvalue weighted by Gasteiger charge is 2.19. The number of methoxy groups -OCH3 is 2. The second-order valence-electron chi connectivity index (χ2n) is 4.74. The van der Waals surface area contributed by atoms with Crippen LogP contribution in [0.25, 0.3) is 0 Å². The maximum Gasteiger partial charge on any atom is 0.122 e. The molecule has 2 rings (SSSR count). The Kier molecular flexibility index (Phi) is 4.35. The van der Waals surface area contributed by atoms with Crippen LogP contribution in [0.15, 0.2) is 28.7 Å². The lowest BCUT2D eigenvalue weighted by Gasteiger charge is -2.18. The van der Waals surface area contributed by atoms with Crippen molar-refractivity contribution in [3.05, 3.63) is 46.9 Å². The van der Waals surface area contributed by atoms with E-state index in [-0.39, 0.29) is 6.04 Å². The molecule has 0 amide bonds. The lowest BCUT2D eigenvalue weighted by molar-refractivity contribution is 0.392. The van der Waals surface area contributed by atoms with Gasteiger partial charge in [0.1, 0.15) is 23.0 Å². The van der Waals surface area contributed by atoms with Gasteiger partial charge in [0, 0.05) is 11.6 Å². The maximum absolute atomic E-state index is 5.63. The van der Waals surface area contributed by atoms with E-state index >= 15 is 0 Å². The van der Waals surface area contributed by atoms with Gasteiger partial charge in [0.05, 0.1) is 20.3 Å². The second-order valence-corrected chi connectivity index (χ2v) is 4.74. The van der Waals surface area contributed by atoms with Crippen molar-refractivity contribution in [2.45, 2.75) is 19.9 Å². The number of nitrogens with one attached hydrogen (secondary N) is 1. The van der Waals surface area contributed by atoms with Crippen molar-refractivity contribution in [3.63, 3.8) is 0 Å². The zero-order chi connectivity index (χ0) is 14.7. The Morgan fingerprint density at radius 3 is 2.00 bits per heavy atom. The molecule has 0 radical (unpaired) electrons. The third-order valence-electron chi connectivity index (χ3n) is 3.39. The molecule has 1 unspecified atom stereocenters. The van der Waals surface area contributed by atoms with Crippen molar-refractivity contribution < 1.29 is 13.9 Å². The quantitative estimate of drug-likeness (QED) is 0.910. The van der Waals surface area contributed by atoms with E-state index < -0.39 is 0 Å². The molecule has 1 aromatic carbocycles. The minimum absolute atomic E-state index is 0.0384. The molecule has 0 aliphatic rings. The van der Waals surface area contributed by atoms with Crippen LogP contribution in [0, 0.1) is 13.8 Å². The minimum atomic E-state index is 0.0384. The Hall–Kier alpha value is -1.94. The molecule has 20 heavy (non-hydrogen) atoms. The molecule has 0 fully saturated rings. The highest BCUT2D eigenvalue weighted by Crippen LogP contribution is 2.32. The highest BCUT2D eigenvalue weighted by molar-refractivity contribution is 5.43. The van der Waals surface area contributed by atoms with Crippen LogP contribution in [0.1, 0.15) is 28.7 Å². The van der Waals surface area contributed by atoms with Gasteiger partial charge in [0.2, 0.25) is 0 Å². The van der Waals surface area contributed by atoms with Crippen LogP contribution in [-0.4, -0.2) is 21.3 Å². The summed E-state index contributed by atoms with van der Waals surface area (Å²) in [6.45, 7) is 3.93. The topological polar surface area (TPSA) is 43.6 Å². The van der Waals surface area contributed by atoms with Crippen LogP contribution in [0.3, 0.4) is 0 Å². The van der Waals surface area contributed by atoms with Crippen molar-refractivity contribution in [2.24, 2.45) is 0 Å². The molecule has 108 valence electrons. The first-order valence-electron chi connectivity index (χ1n) is 6.56. The fraction of sp³-hybridized carbons (Fsp3) is 0.375. The lowest BCUT2D eigenvalue weighted by Crippen LogP contribution is -2.18. The van der Waals surface area contributed by atoms with Gasteiger partial charge in [-0.1, -0.05) is 0 Å². The van der Waals surface area contributed by atoms with E-state index in [1.807, 2.05) is 39.1 Å². The van der Waals surface area contributed by atoms with Crippen LogP contribution in [0.4, 0.5) is 0 Å². The Bertz CT molecular complexity index is 567. The molecule has 1 aromatic heterocycles. The predicted molar refractivity (Wildman–Crippen MR) is 78.6 cm³/mol. The second kappa shape index (κ2) is 6.01. The van der Waals surface area contributed by atoms with Gasteiger partial charge in [-0.25, -0.2) is 0 Å². The predicted octanol–water partition coefficient (Wildman–Crippen LogP) is 3.22. The monoisotopic (exact) mass is 275 g/mol. The molecular weight excluding hydrogens is 254 g/mol. The van der Waals surface area contributed by atoms with Crippen molar-refractivity contribution in [2.75, 3.05) is 21.3 Å². The summed E-state index contributed by atoms with van der Waals surface area (Å²) in [4.78, 5) is 0. The molecule has 0 saturated heterocycles. The summed E-state index contributed by atoms with van der Waals surface area (Å²) in [7, 11) is 5.23. The zero-order valence-corrected chi connectivity index (χ0v) is 12.6. The van der Waals surface area contributed by atoms with Crippen molar-refractivity contribution >= 4 is 0 Å². The molecule has 2 aromatic rings. The summed E-state index contributed by atoms with van der Waals surface area (Å²) in [6, 6.07) is 7.97. The molecule has 0 saturated carbocycles. The highest BCUT2D eigenvalue weighted by atomic mass is 16.5. The number of ether oxygens (including phenoxy) is 2. The minimum Gasteiger partial charge on any atom is -0.497 e. The number of benzene rings is 1. The molecule has 1 atom stereocenters. The molecule has 0 spiro atoms. The molecule has 1 heterocycles. The Labute approximate surface area is 119 Å². The number of hydrogen-bond donors (Lipinski definition) is 1. The maximum atomic E-state index is 5.63. The first-order chi connectivity index (χ1) is 9.58. The first-order valence-corrected chi connectivity index (χ1v) is 6.56. The van der Waals surface area contributed by atoms with Crippen molar-refractivity contribution in [1.29, 1.82) is 0 Å². The normalized spacial score (nSPS) is 12.2. The van der Waals surface area contributed by atoms with E-state index in [1.165, 1.54) is 0 Å². The lowest BCUT2D eigenvalue weighted by atomic mass is 9.98. The SMILES string of the molecule is CNC(c1cc(OC)cc(OC)c1)c1cc(C)oc1C. The van der Waals surface area contributed by atoms with Gasteiger partial charge < -0.3 is 19.2 Å². The first kappa shape index (κ1) is 14.5. The van der Waals surface area contributed by atoms with Crippen molar-refractivity contribution in [3.8, 4) is 11.5 Å². The number of rotatable bonds is 5. The Balaban J connectivity index is 2.48. The van der Waals surface area contributed by atoms with Gasteiger partial charge in [-0.3, -0.25) is 0 Å². The average Bonchev–Trinajstić information content (AvgIpc) is 2.78. The summed E-state index contributed by atoms with van der Waals surface area (Å²) in [5.41, 5.74) is 2.20. The van der Waals surface area contributed by atoms with Gasteiger partial charge in [0.25, 0.3) is 0 Å². The van der Waals surface area contributed by atoms with Gasteiger partial charge in [-0.05, 0) is 44.7 Å². The fourth-order valence-corrected chi connectivity index (χ4v) is 2.43. The van der Waals surface area contributed by atoms with Crippen LogP contribution < -0.4 is 14.8 Å². The van der Waals surface area contributed by atoms with Gasteiger partial charge in [0.15, 0.2) is 0 Å². The van der Waals surface area contributed by atoms with Crippen molar-refractivity contribution in [1.82, 2.24) is 5.32 Å². The van der Waals surface area contributed by atoms with Crippen LogP contribution in [-0.2, 0) is 0 Å². The largest absolute Gasteiger partial charge is 0.497 e. The third kappa shape index (κ3) is 2.80. The van der Waals surface area contributed by atoms with Crippen LogP contribution in [0.2, 0.25) is 0 Å². The molecule has 0 bridgehead atoms. The number of furan rings is 1. The molecule has 0 aliphatic carbocycles. The molecule has 0 aliphatic heterocycles. The van der Waals surface area contributed by atoms with E-state index in [1.54, 1.807) is 14.2 Å². The Morgan fingerprint density at radius 1 is 1.00 bits per heavy atom. The smallest absolute Gasteiger partial charge is 0.122 e. The summed E-state index contributed by atoms with van der Waals surface area (Å²) < 4.78 is 16.3.